The first kappa shape index (κ1) is 32.4. The number of nitrogens with zero attached hydrogens (tertiary/aromatic N) is 2. The molecule has 0 saturated carbocycles. The summed E-state index contributed by atoms with van der Waals surface area (Å²) in [6, 6.07) is 15.5. The summed E-state index contributed by atoms with van der Waals surface area (Å²) in [4.78, 5) is 43.7. The lowest BCUT2D eigenvalue weighted by molar-refractivity contribution is -0.150. The van der Waals surface area contributed by atoms with Crippen LogP contribution in [-0.4, -0.2) is 60.2 Å². The molecule has 7 nitrogen and oxygen atoms in total. The molecule has 3 aliphatic rings. The monoisotopic (exact) mass is 616 g/mol. The zero-order chi connectivity index (χ0) is 31.8. The number of carbonyl (C=O) groups is 2. The van der Waals surface area contributed by atoms with Crippen molar-refractivity contribution in [1.82, 2.24) is 4.90 Å². The number of rotatable bonds is 9. The molecule has 1 spiro atoms. The van der Waals surface area contributed by atoms with Crippen molar-refractivity contribution in [1.29, 1.82) is 0 Å². The third kappa shape index (κ3) is 5.97. The Kier molecular flexibility index (Phi) is 9.38. The van der Waals surface area contributed by atoms with Gasteiger partial charge in [0, 0.05) is 30.1 Å². The standard InChI is InChI=1S/C36H48N2O5Si/c1-24(2)12-11-13-25(3)18-19-37-31-17-10-9-16-30(31)36(35(37)41)26(4)34(44(5,6)42)32(43-36)21-33(40)38-22-28-15-8-7-14-27(28)20-29(38)23-39/h7-10,12,14-18,26,29,32,34,39,42H,11,13,19-23H2,1-6H3/b25-18+/t26-,29+,32+,34-,36+/m1/s1. The molecule has 1 saturated heterocycles. The number of carbonyl (C=O) groups excluding carboxylic acids is 2. The minimum Gasteiger partial charge on any atom is -0.432 e. The van der Waals surface area contributed by atoms with Gasteiger partial charge >= 0.3 is 0 Å². The summed E-state index contributed by atoms with van der Waals surface area (Å²) in [6.07, 6.45) is 6.26. The zero-order valence-corrected chi connectivity index (χ0v) is 28.0. The highest BCUT2D eigenvalue weighted by atomic mass is 28.4. The van der Waals surface area contributed by atoms with E-state index in [0.29, 0.717) is 19.5 Å². The van der Waals surface area contributed by atoms with Gasteiger partial charge in [0.05, 0.1) is 30.9 Å². The van der Waals surface area contributed by atoms with Crippen molar-refractivity contribution in [3.63, 3.8) is 0 Å². The zero-order valence-electron chi connectivity index (χ0n) is 27.0. The van der Waals surface area contributed by atoms with Gasteiger partial charge in [-0.05, 0) is 70.3 Å². The molecule has 2 N–H and O–H groups in total. The van der Waals surface area contributed by atoms with Crippen LogP contribution in [-0.2, 0) is 32.9 Å². The van der Waals surface area contributed by atoms with Gasteiger partial charge in [-0.25, -0.2) is 0 Å². The van der Waals surface area contributed by atoms with Crippen LogP contribution in [0.3, 0.4) is 0 Å². The lowest BCUT2D eigenvalue weighted by Gasteiger charge is -2.37. The number of aliphatic hydroxyl groups excluding tert-OH is 1. The first-order valence-corrected chi connectivity index (χ1v) is 19.0. The molecule has 0 aliphatic carbocycles. The molecule has 0 radical (unpaired) electrons. The molecule has 0 aromatic heterocycles. The quantitative estimate of drug-likeness (QED) is 0.272. The molecule has 0 bridgehead atoms. The van der Waals surface area contributed by atoms with Crippen LogP contribution in [0.2, 0.25) is 18.6 Å². The van der Waals surface area contributed by atoms with Gasteiger partial charge in [-0.1, -0.05) is 72.7 Å². The second-order valence-corrected chi connectivity index (χ2v) is 17.7. The van der Waals surface area contributed by atoms with E-state index < -0.39 is 20.0 Å². The fraction of sp³-hybridized carbons (Fsp3) is 0.500. The maximum atomic E-state index is 14.5. The van der Waals surface area contributed by atoms with E-state index in [4.69, 9.17) is 4.74 Å². The van der Waals surface area contributed by atoms with Crippen LogP contribution < -0.4 is 4.90 Å². The average Bonchev–Trinajstić information content (AvgIpc) is 3.41. The second kappa shape index (κ2) is 12.8. The minimum absolute atomic E-state index is 0.0469. The lowest BCUT2D eigenvalue weighted by atomic mass is 9.82. The minimum atomic E-state index is -2.91. The van der Waals surface area contributed by atoms with Crippen LogP contribution in [0.1, 0.15) is 63.6 Å². The molecule has 2 aromatic carbocycles. The summed E-state index contributed by atoms with van der Waals surface area (Å²) in [5.74, 6) is -0.580. The average molecular weight is 617 g/mol. The maximum Gasteiger partial charge on any atom is 0.264 e. The fourth-order valence-electron chi connectivity index (χ4n) is 7.68. The lowest BCUT2D eigenvalue weighted by Crippen LogP contribution is -2.48. The van der Waals surface area contributed by atoms with Gasteiger partial charge in [0.15, 0.2) is 13.9 Å². The molecule has 5 rings (SSSR count). The van der Waals surface area contributed by atoms with Crippen molar-refractivity contribution < 1.29 is 24.2 Å². The van der Waals surface area contributed by atoms with Crippen LogP contribution in [0.4, 0.5) is 5.69 Å². The molecular formula is C36H48N2O5Si. The van der Waals surface area contributed by atoms with E-state index >= 15 is 0 Å². The number of allylic oxidation sites excluding steroid dienone is 3. The van der Waals surface area contributed by atoms with E-state index in [1.54, 1.807) is 4.90 Å². The highest BCUT2D eigenvalue weighted by Gasteiger charge is 2.66. The van der Waals surface area contributed by atoms with Crippen molar-refractivity contribution in [3.05, 3.63) is 88.5 Å². The number of hydrogen-bond acceptors (Lipinski definition) is 5. The van der Waals surface area contributed by atoms with Crippen molar-refractivity contribution in [2.24, 2.45) is 5.92 Å². The van der Waals surface area contributed by atoms with Gasteiger partial charge in [0.1, 0.15) is 0 Å². The molecule has 3 heterocycles. The number of benzene rings is 2. The summed E-state index contributed by atoms with van der Waals surface area (Å²) in [6.45, 7) is 12.8. The van der Waals surface area contributed by atoms with Crippen LogP contribution in [0.15, 0.2) is 71.8 Å². The predicted octanol–water partition coefficient (Wildman–Crippen LogP) is 5.86. The normalized spacial score (nSPS) is 26.6. The topological polar surface area (TPSA) is 90.3 Å². The van der Waals surface area contributed by atoms with Gasteiger partial charge in [-0.2, -0.15) is 0 Å². The van der Waals surface area contributed by atoms with E-state index in [0.717, 1.165) is 35.2 Å². The SMILES string of the molecule is CC(C)=CCC/C(C)=C/CN1C(=O)[C@@]2(O[C@@H](CC(=O)N3Cc4ccccc4C[C@H]3CO)[C@H]([Si](C)(C)O)[C@H]2C)c2ccccc21. The number of fused-ring (bicyclic) bond motifs is 3. The second-order valence-electron chi connectivity index (χ2n) is 13.7. The number of hydrogen-bond donors (Lipinski definition) is 2. The molecule has 44 heavy (non-hydrogen) atoms. The van der Waals surface area contributed by atoms with E-state index in [1.165, 1.54) is 11.1 Å². The van der Waals surface area contributed by atoms with Gasteiger partial charge in [0.25, 0.3) is 5.91 Å². The van der Waals surface area contributed by atoms with E-state index in [9.17, 15) is 19.5 Å². The van der Waals surface area contributed by atoms with E-state index in [2.05, 4.69) is 39.0 Å². The Balaban J connectivity index is 1.43. The third-order valence-electron chi connectivity index (χ3n) is 9.87. The Hall–Kier alpha value is -3.04. The molecule has 236 valence electrons. The Labute approximate surface area is 263 Å². The van der Waals surface area contributed by atoms with Crippen molar-refractivity contribution in [2.45, 2.75) is 96.3 Å². The number of para-hydroxylation sites is 1. The molecule has 8 heteroatoms. The number of ether oxygens (including phenoxy) is 1. The van der Waals surface area contributed by atoms with Gasteiger partial charge in [-0.3, -0.25) is 9.59 Å². The van der Waals surface area contributed by atoms with Crippen LogP contribution in [0, 0.1) is 5.92 Å². The predicted molar refractivity (Wildman–Crippen MR) is 177 cm³/mol. The Morgan fingerprint density at radius 3 is 2.43 bits per heavy atom. The number of anilines is 1. The molecule has 1 fully saturated rings. The molecule has 5 atom stereocenters. The van der Waals surface area contributed by atoms with Crippen LogP contribution >= 0.6 is 0 Å². The van der Waals surface area contributed by atoms with E-state index in [-0.39, 0.29) is 42.3 Å². The summed E-state index contributed by atoms with van der Waals surface area (Å²) in [5, 5.41) is 10.2. The van der Waals surface area contributed by atoms with Gasteiger partial charge in [-0.15, -0.1) is 0 Å². The summed E-state index contributed by atoms with van der Waals surface area (Å²) in [7, 11) is -2.91. The third-order valence-corrected chi connectivity index (χ3v) is 12.4. The largest absolute Gasteiger partial charge is 0.432 e. The molecular weight excluding hydrogens is 568 g/mol. The first-order chi connectivity index (χ1) is 20.9. The summed E-state index contributed by atoms with van der Waals surface area (Å²) >= 11 is 0. The molecule has 3 aliphatic heterocycles. The first-order valence-electron chi connectivity index (χ1n) is 16.0. The molecule has 2 amide bonds. The van der Waals surface area contributed by atoms with Gasteiger partial charge < -0.3 is 24.4 Å². The number of amides is 2. The Bertz CT molecular complexity index is 1460. The molecule has 0 unspecified atom stereocenters. The highest BCUT2D eigenvalue weighted by Crippen LogP contribution is 2.59. The van der Waals surface area contributed by atoms with Crippen molar-refractivity contribution in [3.8, 4) is 0 Å². The van der Waals surface area contributed by atoms with Crippen LogP contribution in [0.25, 0.3) is 0 Å². The highest BCUT2D eigenvalue weighted by molar-refractivity contribution is 6.71. The summed E-state index contributed by atoms with van der Waals surface area (Å²) in [5.41, 5.74) is 4.78. The van der Waals surface area contributed by atoms with E-state index in [1.807, 2.05) is 67.4 Å². The smallest absolute Gasteiger partial charge is 0.264 e. The Morgan fingerprint density at radius 1 is 1.07 bits per heavy atom. The molecule has 2 aromatic rings. The Morgan fingerprint density at radius 2 is 1.75 bits per heavy atom. The van der Waals surface area contributed by atoms with Gasteiger partial charge in [0.2, 0.25) is 5.91 Å². The fourth-order valence-corrected chi connectivity index (χ4v) is 10.2. The van der Waals surface area contributed by atoms with Crippen molar-refractivity contribution in [2.75, 3.05) is 18.1 Å². The van der Waals surface area contributed by atoms with Crippen LogP contribution in [0.5, 0.6) is 0 Å². The summed E-state index contributed by atoms with van der Waals surface area (Å²) < 4.78 is 6.87. The maximum absolute atomic E-state index is 14.5. The number of aliphatic hydroxyl groups is 1. The van der Waals surface area contributed by atoms with Crippen molar-refractivity contribution >= 4 is 25.8 Å².